The third kappa shape index (κ3) is 3.17. The van der Waals surface area contributed by atoms with Gasteiger partial charge < -0.3 is 4.74 Å². The second kappa shape index (κ2) is 5.00. The van der Waals surface area contributed by atoms with E-state index in [1.54, 1.807) is 0 Å². The summed E-state index contributed by atoms with van der Waals surface area (Å²) >= 11 is 0. The van der Waals surface area contributed by atoms with Gasteiger partial charge in [-0.3, -0.25) is 9.59 Å². The molecular formula is C10H15O3. The molecule has 1 radical (unpaired) electrons. The third-order valence-corrected chi connectivity index (χ3v) is 2.21. The SMILES string of the molecule is CC[CH]CCCC1CC(=O)OC1=O. The average Bonchev–Trinajstić information content (AvgIpc) is 2.39. The first-order valence-corrected chi connectivity index (χ1v) is 4.80. The molecule has 1 rings (SSSR count). The largest absolute Gasteiger partial charge is 0.393 e. The Hall–Kier alpha value is -0.860. The van der Waals surface area contributed by atoms with Crippen LogP contribution in [-0.2, 0) is 14.3 Å². The summed E-state index contributed by atoms with van der Waals surface area (Å²) in [6.07, 6.45) is 6.30. The van der Waals surface area contributed by atoms with Gasteiger partial charge in [0.15, 0.2) is 0 Å². The van der Waals surface area contributed by atoms with Gasteiger partial charge in [-0.05, 0) is 12.8 Å². The minimum Gasteiger partial charge on any atom is -0.393 e. The van der Waals surface area contributed by atoms with Crippen LogP contribution in [0.3, 0.4) is 0 Å². The normalized spacial score (nSPS) is 22.1. The highest BCUT2D eigenvalue weighted by molar-refractivity contribution is 5.94. The van der Waals surface area contributed by atoms with Crippen molar-refractivity contribution in [2.75, 3.05) is 0 Å². The molecule has 1 saturated heterocycles. The number of hydrogen-bond donors (Lipinski definition) is 0. The predicted molar refractivity (Wildman–Crippen MR) is 47.6 cm³/mol. The van der Waals surface area contributed by atoms with Gasteiger partial charge in [-0.1, -0.05) is 26.2 Å². The van der Waals surface area contributed by atoms with Crippen LogP contribution in [0.1, 0.15) is 39.0 Å². The number of rotatable bonds is 5. The lowest BCUT2D eigenvalue weighted by atomic mass is 9.99. The maximum atomic E-state index is 11.0. The zero-order valence-electron chi connectivity index (χ0n) is 7.91. The van der Waals surface area contributed by atoms with Crippen molar-refractivity contribution in [3.8, 4) is 0 Å². The smallest absolute Gasteiger partial charge is 0.317 e. The van der Waals surface area contributed by atoms with E-state index >= 15 is 0 Å². The summed E-state index contributed by atoms with van der Waals surface area (Å²) in [5.41, 5.74) is 0. The summed E-state index contributed by atoms with van der Waals surface area (Å²) in [5.74, 6) is -0.867. The van der Waals surface area contributed by atoms with Crippen LogP contribution in [0.4, 0.5) is 0 Å². The van der Waals surface area contributed by atoms with Gasteiger partial charge in [-0.25, -0.2) is 0 Å². The molecule has 1 unspecified atom stereocenters. The molecule has 1 aliphatic rings. The predicted octanol–water partition coefficient (Wildman–Crippen LogP) is 1.86. The zero-order valence-corrected chi connectivity index (χ0v) is 7.91. The van der Waals surface area contributed by atoms with E-state index in [0.717, 1.165) is 25.7 Å². The molecule has 0 saturated carbocycles. The Morgan fingerprint density at radius 1 is 1.54 bits per heavy atom. The van der Waals surface area contributed by atoms with Crippen LogP contribution in [0, 0.1) is 12.3 Å². The zero-order chi connectivity index (χ0) is 9.68. The van der Waals surface area contributed by atoms with E-state index in [4.69, 9.17) is 0 Å². The fraction of sp³-hybridized carbons (Fsp3) is 0.700. The van der Waals surface area contributed by atoms with Crippen LogP contribution < -0.4 is 0 Å². The number of esters is 2. The Morgan fingerprint density at radius 2 is 2.31 bits per heavy atom. The van der Waals surface area contributed by atoms with Crippen molar-refractivity contribution in [2.24, 2.45) is 5.92 Å². The molecule has 1 atom stereocenters. The fourth-order valence-electron chi connectivity index (χ4n) is 1.45. The standard InChI is InChI=1S/C10H15O3/c1-2-3-4-5-6-8-7-9(11)13-10(8)12/h3,8H,2,4-7H2,1H3. The van der Waals surface area contributed by atoms with E-state index in [0.29, 0.717) is 0 Å². The van der Waals surface area contributed by atoms with Crippen LogP contribution in [-0.4, -0.2) is 11.9 Å². The van der Waals surface area contributed by atoms with E-state index in [-0.39, 0.29) is 24.3 Å². The molecule has 13 heavy (non-hydrogen) atoms. The molecule has 1 heterocycles. The molecule has 3 heteroatoms. The molecule has 3 nitrogen and oxygen atoms in total. The van der Waals surface area contributed by atoms with Crippen LogP contribution in [0.25, 0.3) is 0 Å². The van der Waals surface area contributed by atoms with Crippen molar-refractivity contribution in [1.29, 1.82) is 0 Å². The Bertz CT molecular complexity index is 198. The van der Waals surface area contributed by atoms with Gasteiger partial charge in [0.1, 0.15) is 0 Å². The van der Waals surface area contributed by atoms with Gasteiger partial charge in [0.2, 0.25) is 0 Å². The van der Waals surface area contributed by atoms with Crippen LogP contribution in [0.5, 0.6) is 0 Å². The van der Waals surface area contributed by atoms with Gasteiger partial charge in [-0.15, -0.1) is 0 Å². The molecule has 73 valence electrons. The monoisotopic (exact) mass is 183 g/mol. The van der Waals surface area contributed by atoms with Crippen LogP contribution in [0.2, 0.25) is 0 Å². The summed E-state index contributed by atoms with van der Waals surface area (Å²) in [5, 5.41) is 0. The number of hydrogen-bond acceptors (Lipinski definition) is 3. The molecule has 1 fully saturated rings. The van der Waals surface area contributed by atoms with Gasteiger partial charge in [-0.2, -0.15) is 0 Å². The van der Waals surface area contributed by atoms with Crippen molar-refractivity contribution in [3.63, 3.8) is 0 Å². The number of carbonyl (C=O) groups excluding carboxylic acids is 2. The molecule has 0 amide bonds. The van der Waals surface area contributed by atoms with E-state index in [1.165, 1.54) is 0 Å². The van der Waals surface area contributed by atoms with E-state index in [9.17, 15) is 9.59 Å². The molecule has 0 aromatic carbocycles. The lowest BCUT2D eigenvalue weighted by Crippen LogP contribution is -2.06. The second-order valence-corrected chi connectivity index (χ2v) is 3.32. The first-order chi connectivity index (χ1) is 6.24. The van der Waals surface area contributed by atoms with Gasteiger partial charge in [0.25, 0.3) is 0 Å². The Labute approximate surface area is 78.5 Å². The number of cyclic esters (lactones) is 2. The fourth-order valence-corrected chi connectivity index (χ4v) is 1.45. The summed E-state index contributed by atoms with van der Waals surface area (Å²) < 4.78 is 4.44. The molecule has 1 aliphatic heterocycles. The highest BCUT2D eigenvalue weighted by Gasteiger charge is 2.32. The minimum atomic E-state index is -0.366. The van der Waals surface area contributed by atoms with Crippen LogP contribution >= 0.6 is 0 Å². The summed E-state index contributed by atoms with van der Waals surface area (Å²) in [4.78, 5) is 21.7. The quantitative estimate of drug-likeness (QED) is 0.371. The Kier molecular flexibility index (Phi) is 3.93. The van der Waals surface area contributed by atoms with Crippen molar-refractivity contribution in [1.82, 2.24) is 0 Å². The number of ether oxygens (including phenoxy) is 1. The van der Waals surface area contributed by atoms with E-state index in [1.807, 2.05) is 0 Å². The van der Waals surface area contributed by atoms with Crippen molar-refractivity contribution in [2.45, 2.75) is 39.0 Å². The van der Waals surface area contributed by atoms with Crippen molar-refractivity contribution >= 4 is 11.9 Å². The van der Waals surface area contributed by atoms with Crippen LogP contribution in [0.15, 0.2) is 0 Å². The summed E-state index contributed by atoms with van der Waals surface area (Å²) in [6.45, 7) is 2.09. The number of unbranched alkanes of at least 4 members (excludes halogenated alkanes) is 3. The Morgan fingerprint density at radius 3 is 2.85 bits per heavy atom. The highest BCUT2D eigenvalue weighted by Crippen LogP contribution is 2.21. The molecule has 0 aliphatic carbocycles. The van der Waals surface area contributed by atoms with E-state index in [2.05, 4.69) is 18.1 Å². The first kappa shape index (κ1) is 10.2. The first-order valence-electron chi connectivity index (χ1n) is 4.80. The Balaban J connectivity index is 2.14. The van der Waals surface area contributed by atoms with Gasteiger partial charge in [0, 0.05) is 0 Å². The van der Waals surface area contributed by atoms with Gasteiger partial charge in [0.05, 0.1) is 12.3 Å². The third-order valence-electron chi connectivity index (χ3n) is 2.21. The molecule has 0 aromatic heterocycles. The topological polar surface area (TPSA) is 43.4 Å². The highest BCUT2D eigenvalue weighted by atomic mass is 16.6. The van der Waals surface area contributed by atoms with Crippen molar-refractivity contribution < 1.29 is 14.3 Å². The lowest BCUT2D eigenvalue weighted by Gasteiger charge is -2.02. The minimum absolute atomic E-state index is 0.169. The molecule has 0 bridgehead atoms. The number of carbonyl (C=O) groups is 2. The average molecular weight is 183 g/mol. The summed E-state index contributed by atoms with van der Waals surface area (Å²) in [7, 11) is 0. The maximum absolute atomic E-state index is 11.0. The molecule has 0 spiro atoms. The maximum Gasteiger partial charge on any atom is 0.317 e. The second-order valence-electron chi connectivity index (χ2n) is 3.32. The van der Waals surface area contributed by atoms with E-state index < -0.39 is 0 Å². The molecule has 0 aromatic rings. The lowest BCUT2D eigenvalue weighted by molar-refractivity contribution is -0.153. The van der Waals surface area contributed by atoms with Gasteiger partial charge >= 0.3 is 11.9 Å². The van der Waals surface area contributed by atoms with Crippen molar-refractivity contribution in [3.05, 3.63) is 6.42 Å². The molecule has 0 N–H and O–H groups in total. The molecular weight excluding hydrogens is 168 g/mol. The summed E-state index contributed by atoms with van der Waals surface area (Å²) in [6, 6.07) is 0.